The third kappa shape index (κ3) is 3.10. The van der Waals surface area contributed by atoms with E-state index in [-0.39, 0.29) is 6.61 Å². The van der Waals surface area contributed by atoms with Crippen LogP contribution >= 0.6 is 0 Å². The third-order valence-corrected chi connectivity index (χ3v) is 3.88. The molecule has 100 valence electrons. The van der Waals surface area contributed by atoms with E-state index in [0.717, 1.165) is 5.56 Å². The van der Waals surface area contributed by atoms with Gasteiger partial charge in [0.05, 0.1) is 12.2 Å². The molecule has 0 aromatic heterocycles. The number of benzene rings is 1. The van der Waals surface area contributed by atoms with Gasteiger partial charge in [-0.05, 0) is 25.3 Å². The van der Waals surface area contributed by atoms with Crippen LogP contribution in [0.4, 0.5) is 0 Å². The van der Waals surface area contributed by atoms with Crippen LogP contribution in [0.15, 0.2) is 30.3 Å². The molecule has 0 aliphatic heterocycles. The second kappa shape index (κ2) is 5.83. The SMILES string of the molecule is CC(O)(CN(CCO)C1CCC1)c1ccccc1. The first-order valence-corrected chi connectivity index (χ1v) is 6.76. The van der Waals surface area contributed by atoms with Gasteiger partial charge in [-0.25, -0.2) is 0 Å². The molecule has 0 radical (unpaired) electrons. The molecule has 1 aromatic carbocycles. The third-order valence-electron chi connectivity index (χ3n) is 3.88. The van der Waals surface area contributed by atoms with Gasteiger partial charge < -0.3 is 10.2 Å². The number of rotatable bonds is 6. The summed E-state index contributed by atoms with van der Waals surface area (Å²) >= 11 is 0. The van der Waals surface area contributed by atoms with E-state index in [1.54, 1.807) is 0 Å². The quantitative estimate of drug-likeness (QED) is 0.807. The van der Waals surface area contributed by atoms with Crippen LogP contribution in [0.1, 0.15) is 31.7 Å². The van der Waals surface area contributed by atoms with Crippen molar-refractivity contribution in [3.63, 3.8) is 0 Å². The molecule has 1 atom stereocenters. The molecule has 1 aliphatic rings. The molecule has 18 heavy (non-hydrogen) atoms. The monoisotopic (exact) mass is 249 g/mol. The standard InChI is InChI=1S/C15H23NO2/c1-15(18,13-6-3-2-4-7-13)12-16(10-11-17)14-8-5-9-14/h2-4,6-7,14,17-18H,5,8-12H2,1H3. The van der Waals surface area contributed by atoms with E-state index in [0.29, 0.717) is 19.1 Å². The fourth-order valence-corrected chi connectivity index (χ4v) is 2.55. The lowest BCUT2D eigenvalue weighted by molar-refractivity contribution is -0.0165. The number of aliphatic hydroxyl groups is 2. The van der Waals surface area contributed by atoms with E-state index in [4.69, 9.17) is 5.11 Å². The van der Waals surface area contributed by atoms with Gasteiger partial charge in [-0.2, -0.15) is 0 Å². The Balaban J connectivity index is 2.04. The second-order valence-corrected chi connectivity index (χ2v) is 5.42. The van der Waals surface area contributed by atoms with Crippen molar-refractivity contribution in [2.45, 2.75) is 37.8 Å². The summed E-state index contributed by atoms with van der Waals surface area (Å²) in [5.41, 5.74) is 0.0821. The van der Waals surface area contributed by atoms with E-state index < -0.39 is 5.60 Å². The lowest BCUT2D eigenvalue weighted by Gasteiger charge is -2.41. The first-order valence-electron chi connectivity index (χ1n) is 6.76. The molecule has 0 amide bonds. The number of hydrogen-bond acceptors (Lipinski definition) is 3. The molecule has 0 spiro atoms. The predicted molar refractivity (Wildman–Crippen MR) is 72.3 cm³/mol. The lowest BCUT2D eigenvalue weighted by atomic mass is 9.88. The van der Waals surface area contributed by atoms with Gasteiger partial charge in [0.15, 0.2) is 0 Å². The topological polar surface area (TPSA) is 43.7 Å². The van der Waals surface area contributed by atoms with Gasteiger partial charge >= 0.3 is 0 Å². The Bertz CT molecular complexity index is 360. The summed E-state index contributed by atoms with van der Waals surface area (Å²) in [7, 11) is 0. The highest BCUT2D eigenvalue weighted by molar-refractivity contribution is 5.21. The van der Waals surface area contributed by atoms with E-state index >= 15 is 0 Å². The molecule has 0 saturated heterocycles. The Labute approximate surface area is 109 Å². The van der Waals surface area contributed by atoms with Crippen LogP contribution in [0.2, 0.25) is 0 Å². The smallest absolute Gasteiger partial charge is 0.0994 e. The van der Waals surface area contributed by atoms with Gasteiger partial charge in [0.1, 0.15) is 0 Å². The van der Waals surface area contributed by atoms with Gasteiger partial charge in [0, 0.05) is 19.1 Å². The maximum atomic E-state index is 10.6. The average molecular weight is 249 g/mol. The molecule has 1 unspecified atom stereocenters. The lowest BCUT2D eigenvalue weighted by Crippen LogP contribution is -2.48. The molecule has 1 fully saturated rings. The van der Waals surface area contributed by atoms with Crippen LogP contribution in [-0.2, 0) is 5.60 Å². The number of aliphatic hydroxyl groups excluding tert-OH is 1. The zero-order chi connectivity index (χ0) is 13.0. The Hall–Kier alpha value is -0.900. The average Bonchev–Trinajstić information content (AvgIpc) is 2.28. The molecule has 1 saturated carbocycles. The molecule has 1 aliphatic carbocycles. The second-order valence-electron chi connectivity index (χ2n) is 5.42. The predicted octanol–water partition coefficient (Wildman–Crippen LogP) is 1.74. The van der Waals surface area contributed by atoms with Crippen molar-refractivity contribution in [2.75, 3.05) is 19.7 Å². The van der Waals surface area contributed by atoms with E-state index in [2.05, 4.69) is 4.90 Å². The summed E-state index contributed by atoms with van der Waals surface area (Å²) in [6, 6.07) is 10.3. The van der Waals surface area contributed by atoms with Crippen molar-refractivity contribution in [2.24, 2.45) is 0 Å². The number of nitrogens with zero attached hydrogens (tertiary/aromatic N) is 1. The Kier molecular flexibility index (Phi) is 4.38. The van der Waals surface area contributed by atoms with E-state index in [1.807, 2.05) is 37.3 Å². The Morgan fingerprint density at radius 1 is 1.28 bits per heavy atom. The maximum absolute atomic E-state index is 10.6. The van der Waals surface area contributed by atoms with Crippen LogP contribution in [0.25, 0.3) is 0 Å². The molecule has 2 rings (SSSR count). The molecule has 0 heterocycles. The Morgan fingerprint density at radius 3 is 2.44 bits per heavy atom. The first kappa shape index (κ1) is 13.5. The summed E-state index contributed by atoms with van der Waals surface area (Å²) in [5.74, 6) is 0. The molecule has 1 aromatic rings. The van der Waals surface area contributed by atoms with Crippen LogP contribution in [0, 0.1) is 0 Å². The van der Waals surface area contributed by atoms with Crippen molar-refractivity contribution < 1.29 is 10.2 Å². The van der Waals surface area contributed by atoms with Crippen molar-refractivity contribution >= 4 is 0 Å². The summed E-state index contributed by atoms with van der Waals surface area (Å²) in [6.07, 6.45) is 3.63. The normalized spacial score (nSPS) is 19.6. The van der Waals surface area contributed by atoms with Crippen molar-refractivity contribution in [1.29, 1.82) is 0 Å². The molecular weight excluding hydrogens is 226 g/mol. The maximum Gasteiger partial charge on any atom is 0.0994 e. The summed E-state index contributed by atoms with van der Waals surface area (Å²) in [5, 5.41) is 19.8. The van der Waals surface area contributed by atoms with Gasteiger partial charge in [0.2, 0.25) is 0 Å². The minimum absolute atomic E-state index is 0.154. The molecular formula is C15H23NO2. The summed E-state index contributed by atoms with van der Waals surface area (Å²) in [6.45, 7) is 3.24. The van der Waals surface area contributed by atoms with Gasteiger partial charge in [-0.3, -0.25) is 4.90 Å². The van der Waals surface area contributed by atoms with Gasteiger partial charge in [-0.1, -0.05) is 36.8 Å². The zero-order valence-electron chi connectivity index (χ0n) is 11.0. The minimum atomic E-state index is -0.855. The summed E-state index contributed by atoms with van der Waals surface area (Å²) in [4.78, 5) is 2.22. The minimum Gasteiger partial charge on any atom is -0.395 e. The van der Waals surface area contributed by atoms with Gasteiger partial charge in [0.25, 0.3) is 0 Å². The van der Waals surface area contributed by atoms with Crippen LogP contribution in [0.5, 0.6) is 0 Å². The van der Waals surface area contributed by atoms with Crippen molar-refractivity contribution in [3.05, 3.63) is 35.9 Å². The first-order chi connectivity index (χ1) is 8.63. The highest BCUT2D eigenvalue weighted by Crippen LogP contribution is 2.29. The molecule has 3 nitrogen and oxygen atoms in total. The molecule has 2 N–H and O–H groups in total. The fraction of sp³-hybridized carbons (Fsp3) is 0.600. The fourth-order valence-electron chi connectivity index (χ4n) is 2.55. The largest absolute Gasteiger partial charge is 0.395 e. The summed E-state index contributed by atoms with van der Waals surface area (Å²) < 4.78 is 0. The molecule has 0 bridgehead atoms. The van der Waals surface area contributed by atoms with Crippen molar-refractivity contribution in [1.82, 2.24) is 4.90 Å². The Morgan fingerprint density at radius 2 is 1.94 bits per heavy atom. The van der Waals surface area contributed by atoms with Crippen LogP contribution in [-0.4, -0.2) is 40.9 Å². The number of hydrogen-bond donors (Lipinski definition) is 2. The highest BCUT2D eigenvalue weighted by Gasteiger charge is 2.31. The van der Waals surface area contributed by atoms with E-state index in [9.17, 15) is 5.11 Å². The van der Waals surface area contributed by atoms with Crippen molar-refractivity contribution in [3.8, 4) is 0 Å². The zero-order valence-corrected chi connectivity index (χ0v) is 11.0. The van der Waals surface area contributed by atoms with E-state index in [1.165, 1.54) is 19.3 Å². The molecule has 3 heteroatoms. The highest BCUT2D eigenvalue weighted by atomic mass is 16.3. The van der Waals surface area contributed by atoms with Crippen LogP contribution < -0.4 is 0 Å². The van der Waals surface area contributed by atoms with Crippen LogP contribution in [0.3, 0.4) is 0 Å². The van der Waals surface area contributed by atoms with Gasteiger partial charge in [-0.15, -0.1) is 0 Å².